The number of aliphatic imine (C=N–C) groups is 1. The van der Waals surface area contributed by atoms with Gasteiger partial charge in [-0.1, -0.05) is 0 Å². The number of rotatable bonds is 1. The van der Waals surface area contributed by atoms with E-state index in [1.807, 2.05) is 13.8 Å². The minimum absolute atomic E-state index is 0.551. The van der Waals surface area contributed by atoms with Gasteiger partial charge in [0, 0.05) is 0 Å². The second-order valence-electron chi connectivity index (χ2n) is 3.27. The van der Waals surface area contributed by atoms with Crippen LogP contribution in [0.5, 0.6) is 0 Å². The Morgan fingerprint density at radius 3 is 2.47 bits per heavy atom. The number of aryl methyl sites for hydroxylation is 2. The molecule has 0 aliphatic rings. The molecule has 0 N–H and O–H groups in total. The van der Waals surface area contributed by atoms with E-state index in [2.05, 4.69) is 15.0 Å². The Bertz CT molecular complexity index is 571. The molecule has 0 spiro atoms. The monoisotopic (exact) mass is 199 g/mol. The molecule has 0 aliphatic carbocycles. The fourth-order valence-corrected chi connectivity index (χ4v) is 1.34. The van der Waals surface area contributed by atoms with Gasteiger partial charge in [0.05, 0.1) is 28.1 Å². The highest BCUT2D eigenvalue weighted by Gasteiger charge is 2.01. The van der Waals surface area contributed by atoms with Gasteiger partial charge in [0.2, 0.25) is 6.08 Å². The molecule has 2 aromatic rings. The van der Waals surface area contributed by atoms with Crippen LogP contribution >= 0.6 is 0 Å². The van der Waals surface area contributed by atoms with E-state index in [-0.39, 0.29) is 0 Å². The maximum atomic E-state index is 10.1. The fraction of sp³-hybridized carbons (Fsp3) is 0.182. The van der Waals surface area contributed by atoms with Gasteiger partial charge in [-0.25, -0.2) is 14.8 Å². The molecule has 1 heterocycles. The van der Waals surface area contributed by atoms with Gasteiger partial charge < -0.3 is 0 Å². The van der Waals surface area contributed by atoms with Gasteiger partial charge in [-0.2, -0.15) is 4.99 Å². The zero-order valence-corrected chi connectivity index (χ0v) is 8.48. The molecular formula is C11H9N3O. The number of hydrogen-bond acceptors (Lipinski definition) is 4. The van der Waals surface area contributed by atoms with Crippen LogP contribution in [0.3, 0.4) is 0 Å². The van der Waals surface area contributed by atoms with Crippen molar-refractivity contribution in [3.63, 3.8) is 0 Å². The average Bonchev–Trinajstić information content (AvgIpc) is 2.21. The lowest BCUT2D eigenvalue weighted by Crippen LogP contribution is -1.92. The predicted molar refractivity (Wildman–Crippen MR) is 56.8 cm³/mol. The zero-order chi connectivity index (χ0) is 10.8. The third-order valence-electron chi connectivity index (χ3n) is 2.23. The van der Waals surface area contributed by atoms with E-state index in [0.29, 0.717) is 5.69 Å². The van der Waals surface area contributed by atoms with Crippen LogP contribution in [-0.2, 0) is 4.79 Å². The fourth-order valence-electron chi connectivity index (χ4n) is 1.34. The quantitative estimate of drug-likeness (QED) is 0.522. The van der Waals surface area contributed by atoms with Crippen LogP contribution < -0.4 is 0 Å². The first-order valence-electron chi connectivity index (χ1n) is 4.53. The van der Waals surface area contributed by atoms with Crippen LogP contribution in [0, 0.1) is 13.8 Å². The summed E-state index contributed by atoms with van der Waals surface area (Å²) >= 11 is 0. The Labute approximate surface area is 86.7 Å². The highest BCUT2D eigenvalue weighted by Crippen LogP contribution is 2.18. The van der Waals surface area contributed by atoms with Gasteiger partial charge in [-0.15, -0.1) is 0 Å². The van der Waals surface area contributed by atoms with Crippen LogP contribution in [0.15, 0.2) is 23.2 Å². The minimum atomic E-state index is 0.551. The average molecular weight is 199 g/mol. The summed E-state index contributed by atoms with van der Waals surface area (Å²) in [7, 11) is 0. The molecule has 15 heavy (non-hydrogen) atoms. The van der Waals surface area contributed by atoms with Crippen molar-refractivity contribution in [3.05, 3.63) is 29.6 Å². The Morgan fingerprint density at radius 2 is 1.80 bits per heavy atom. The van der Waals surface area contributed by atoms with Gasteiger partial charge in [0.15, 0.2) is 0 Å². The Morgan fingerprint density at radius 1 is 1.13 bits per heavy atom. The van der Waals surface area contributed by atoms with Crippen LogP contribution in [0.4, 0.5) is 5.69 Å². The summed E-state index contributed by atoms with van der Waals surface area (Å²) in [5.41, 5.74) is 3.90. The Hall–Kier alpha value is -2.06. The molecule has 4 nitrogen and oxygen atoms in total. The molecule has 1 aromatic heterocycles. The van der Waals surface area contributed by atoms with E-state index in [0.717, 1.165) is 22.4 Å². The number of carbonyl (C=O) groups excluding carboxylic acids is 1. The summed E-state index contributed by atoms with van der Waals surface area (Å²) < 4.78 is 0. The molecule has 0 bridgehead atoms. The smallest absolute Gasteiger partial charge is 0.240 e. The van der Waals surface area contributed by atoms with E-state index in [1.54, 1.807) is 18.2 Å². The van der Waals surface area contributed by atoms with Crippen molar-refractivity contribution in [2.24, 2.45) is 4.99 Å². The molecule has 4 heteroatoms. The summed E-state index contributed by atoms with van der Waals surface area (Å²) in [6.45, 7) is 3.82. The van der Waals surface area contributed by atoms with E-state index in [1.165, 1.54) is 6.08 Å². The minimum Gasteiger partial charge on any atom is -0.250 e. The first-order valence-corrected chi connectivity index (χ1v) is 4.53. The van der Waals surface area contributed by atoms with Gasteiger partial charge in [0.1, 0.15) is 0 Å². The largest absolute Gasteiger partial charge is 0.250 e. The molecular weight excluding hydrogens is 190 g/mol. The summed E-state index contributed by atoms with van der Waals surface area (Å²) in [6, 6.07) is 5.24. The normalized spacial score (nSPS) is 10.0. The predicted octanol–water partition coefficient (Wildman–Crippen LogP) is 2.21. The van der Waals surface area contributed by atoms with Crippen LogP contribution in [-0.4, -0.2) is 16.0 Å². The van der Waals surface area contributed by atoms with Crippen molar-refractivity contribution in [2.75, 3.05) is 0 Å². The first kappa shape index (κ1) is 9.49. The van der Waals surface area contributed by atoms with Crippen molar-refractivity contribution in [3.8, 4) is 0 Å². The molecule has 0 aliphatic heterocycles. The maximum Gasteiger partial charge on any atom is 0.240 e. The zero-order valence-electron chi connectivity index (χ0n) is 8.48. The summed E-state index contributed by atoms with van der Waals surface area (Å²) in [5, 5.41) is 0. The lowest BCUT2D eigenvalue weighted by atomic mass is 10.2. The van der Waals surface area contributed by atoms with Crippen LogP contribution in [0.2, 0.25) is 0 Å². The van der Waals surface area contributed by atoms with E-state index in [4.69, 9.17) is 0 Å². The highest BCUT2D eigenvalue weighted by molar-refractivity contribution is 5.78. The number of fused-ring (bicyclic) bond motifs is 1. The number of aromatic nitrogens is 2. The molecule has 0 amide bonds. The van der Waals surface area contributed by atoms with Crippen molar-refractivity contribution < 1.29 is 4.79 Å². The van der Waals surface area contributed by atoms with Gasteiger partial charge in [-0.3, -0.25) is 0 Å². The maximum absolute atomic E-state index is 10.1. The van der Waals surface area contributed by atoms with Crippen molar-refractivity contribution in [1.29, 1.82) is 0 Å². The number of nitrogens with zero attached hydrogens (tertiary/aromatic N) is 3. The molecule has 1 aromatic carbocycles. The Balaban J connectivity index is 2.71. The van der Waals surface area contributed by atoms with Gasteiger partial charge in [0.25, 0.3) is 0 Å². The van der Waals surface area contributed by atoms with Crippen molar-refractivity contribution in [1.82, 2.24) is 9.97 Å². The molecule has 2 rings (SSSR count). The van der Waals surface area contributed by atoms with Gasteiger partial charge >= 0.3 is 0 Å². The lowest BCUT2D eigenvalue weighted by molar-refractivity contribution is 0.565. The topological polar surface area (TPSA) is 55.2 Å². The SMILES string of the molecule is Cc1nc2ccc(N=C=O)cc2nc1C. The second-order valence-corrected chi connectivity index (χ2v) is 3.27. The molecule has 0 unspecified atom stereocenters. The molecule has 0 radical (unpaired) electrons. The second kappa shape index (κ2) is 3.59. The summed E-state index contributed by atoms with van der Waals surface area (Å²) in [6.07, 6.45) is 1.50. The number of benzene rings is 1. The van der Waals surface area contributed by atoms with Gasteiger partial charge in [-0.05, 0) is 32.0 Å². The third-order valence-corrected chi connectivity index (χ3v) is 2.23. The van der Waals surface area contributed by atoms with Crippen molar-refractivity contribution >= 4 is 22.8 Å². The molecule has 0 saturated carbocycles. The molecule has 0 saturated heterocycles. The lowest BCUT2D eigenvalue weighted by Gasteiger charge is -2.01. The van der Waals surface area contributed by atoms with Crippen LogP contribution in [0.25, 0.3) is 11.0 Å². The van der Waals surface area contributed by atoms with E-state index >= 15 is 0 Å². The number of hydrogen-bond donors (Lipinski definition) is 0. The summed E-state index contributed by atoms with van der Waals surface area (Å²) in [4.78, 5) is 22.4. The standard InChI is InChI=1S/C11H9N3O/c1-7-8(2)14-11-5-9(12-6-15)3-4-10(11)13-7/h3-5H,1-2H3. The molecule has 74 valence electrons. The van der Waals surface area contributed by atoms with Crippen LogP contribution in [0.1, 0.15) is 11.4 Å². The van der Waals surface area contributed by atoms with Crippen molar-refractivity contribution in [2.45, 2.75) is 13.8 Å². The third kappa shape index (κ3) is 1.75. The Kier molecular flexibility index (Phi) is 2.27. The van der Waals surface area contributed by atoms with E-state index in [9.17, 15) is 4.79 Å². The summed E-state index contributed by atoms with van der Waals surface area (Å²) in [5.74, 6) is 0. The highest BCUT2D eigenvalue weighted by atomic mass is 16.1. The van der Waals surface area contributed by atoms with E-state index < -0.39 is 0 Å². The first-order chi connectivity index (χ1) is 7.20. The molecule has 0 fully saturated rings. The number of isocyanates is 1. The molecule has 0 atom stereocenters.